The Kier molecular flexibility index (Phi) is 4.66. The zero-order valence-electron chi connectivity index (χ0n) is 11.3. The Morgan fingerprint density at radius 2 is 2.11 bits per heavy atom. The van der Waals surface area contributed by atoms with Gasteiger partial charge in [-0.1, -0.05) is 17.7 Å². The Balaban J connectivity index is 1.99. The maximum Gasteiger partial charge on any atom is 0.263 e. The minimum absolute atomic E-state index is 0.0122. The highest BCUT2D eigenvalue weighted by Gasteiger charge is 2.23. The summed E-state index contributed by atoms with van der Waals surface area (Å²) >= 11 is 6.10. The number of piperazine rings is 1. The topological polar surface area (TPSA) is 41.6 Å². The summed E-state index contributed by atoms with van der Waals surface area (Å²) in [7, 11) is 0. The van der Waals surface area contributed by atoms with Gasteiger partial charge >= 0.3 is 0 Å². The fraction of sp³-hybridized carbons (Fsp3) is 0.500. The highest BCUT2D eigenvalue weighted by Crippen LogP contribution is 2.26. The summed E-state index contributed by atoms with van der Waals surface area (Å²) in [5.74, 6) is 0.571. The fourth-order valence-corrected chi connectivity index (χ4v) is 2.36. The molecule has 1 aromatic carbocycles. The fourth-order valence-electron chi connectivity index (χ4n) is 2.08. The maximum absolute atomic E-state index is 12.2. The number of ether oxygens (including phenoxy) is 1. The van der Waals surface area contributed by atoms with Crippen molar-refractivity contribution in [1.82, 2.24) is 10.2 Å². The Labute approximate surface area is 118 Å². The average Bonchev–Trinajstić information content (AvgIpc) is 2.42. The quantitative estimate of drug-likeness (QED) is 0.920. The first-order valence-corrected chi connectivity index (χ1v) is 6.88. The third-order valence-electron chi connectivity index (χ3n) is 3.17. The Bertz CT molecular complexity index is 459. The second kappa shape index (κ2) is 6.26. The number of carbonyl (C=O) groups excluding carboxylic acids is 1. The van der Waals surface area contributed by atoms with Gasteiger partial charge in [0.2, 0.25) is 0 Å². The van der Waals surface area contributed by atoms with Crippen LogP contribution < -0.4 is 10.1 Å². The standard InChI is InChI=1S/C14H19ClN2O2/c1-10-3-4-13(12(15)9-10)19-11(2)14(18)17-7-5-16-6-8-17/h3-4,9,11,16H,5-8H2,1-2H3/t11-/m1/s1. The van der Waals surface area contributed by atoms with Crippen LogP contribution in [0.15, 0.2) is 18.2 Å². The monoisotopic (exact) mass is 282 g/mol. The first-order valence-electron chi connectivity index (χ1n) is 6.50. The molecule has 1 amide bonds. The zero-order valence-corrected chi connectivity index (χ0v) is 12.0. The third-order valence-corrected chi connectivity index (χ3v) is 3.46. The summed E-state index contributed by atoms with van der Waals surface area (Å²) in [4.78, 5) is 14.0. The van der Waals surface area contributed by atoms with E-state index in [1.807, 2.05) is 24.0 Å². The van der Waals surface area contributed by atoms with Gasteiger partial charge in [-0.25, -0.2) is 0 Å². The maximum atomic E-state index is 12.2. The van der Waals surface area contributed by atoms with Crippen molar-refractivity contribution in [3.63, 3.8) is 0 Å². The van der Waals surface area contributed by atoms with Gasteiger partial charge in [0.25, 0.3) is 5.91 Å². The van der Waals surface area contributed by atoms with Crippen LogP contribution in [0.5, 0.6) is 5.75 Å². The van der Waals surface area contributed by atoms with Gasteiger partial charge in [-0.3, -0.25) is 4.79 Å². The lowest BCUT2D eigenvalue weighted by atomic mass is 10.2. The summed E-state index contributed by atoms with van der Waals surface area (Å²) in [5.41, 5.74) is 1.07. The van der Waals surface area contributed by atoms with E-state index in [0.29, 0.717) is 10.8 Å². The van der Waals surface area contributed by atoms with Crippen molar-refractivity contribution in [3.8, 4) is 5.75 Å². The van der Waals surface area contributed by atoms with E-state index < -0.39 is 6.10 Å². The molecule has 0 aliphatic carbocycles. The first kappa shape index (κ1) is 14.2. The van der Waals surface area contributed by atoms with Crippen molar-refractivity contribution in [1.29, 1.82) is 0 Å². The molecule has 1 aromatic rings. The van der Waals surface area contributed by atoms with Crippen LogP contribution in [-0.2, 0) is 4.79 Å². The first-order chi connectivity index (χ1) is 9.08. The highest BCUT2D eigenvalue weighted by molar-refractivity contribution is 6.32. The number of halogens is 1. The van der Waals surface area contributed by atoms with Crippen LogP contribution in [0.1, 0.15) is 12.5 Å². The van der Waals surface area contributed by atoms with E-state index in [1.54, 1.807) is 13.0 Å². The van der Waals surface area contributed by atoms with Crippen molar-refractivity contribution >= 4 is 17.5 Å². The van der Waals surface area contributed by atoms with E-state index in [-0.39, 0.29) is 5.91 Å². The SMILES string of the molecule is Cc1ccc(O[C@H](C)C(=O)N2CCNCC2)c(Cl)c1. The van der Waals surface area contributed by atoms with E-state index in [2.05, 4.69) is 5.32 Å². The van der Waals surface area contributed by atoms with Crippen LogP contribution in [-0.4, -0.2) is 43.1 Å². The van der Waals surface area contributed by atoms with Crippen molar-refractivity contribution in [2.24, 2.45) is 0 Å². The van der Waals surface area contributed by atoms with Gasteiger partial charge in [-0.2, -0.15) is 0 Å². The number of amides is 1. The number of nitrogens with one attached hydrogen (secondary N) is 1. The van der Waals surface area contributed by atoms with Gasteiger partial charge in [0, 0.05) is 26.2 Å². The minimum Gasteiger partial charge on any atom is -0.479 e. The minimum atomic E-state index is -0.515. The molecule has 1 aliphatic rings. The molecule has 1 heterocycles. The molecule has 0 radical (unpaired) electrons. The van der Waals surface area contributed by atoms with Crippen LogP contribution in [0.25, 0.3) is 0 Å². The summed E-state index contributed by atoms with van der Waals surface area (Å²) in [5, 5.41) is 3.76. The molecule has 0 saturated carbocycles. The molecular weight excluding hydrogens is 264 g/mol. The molecule has 1 aliphatic heterocycles. The van der Waals surface area contributed by atoms with Gasteiger partial charge in [-0.05, 0) is 31.5 Å². The molecule has 19 heavy (non-hydrogen) atoms. The molecule has 0 spiro atoms. The molecule has 0 unspecified atom stereocenters. The second-order valence-electron chi connectivity index (χ2n) is 4.77. The molecule has 1 saturated heterocycles. The smallest absolute Gasteiger partial charge is 0.263 e. The van der Waals surface area contributed by atoms with Crippen molar-refractivity contribution in [2.75, 3.05) is 26.2 Å². The summed E-state index contributed by atoms with van der Waals surface area (Å²) in [6, 6.07) is 5.56. The number of benzene rings is 1. The lowest BCUT2D eigenvalue weighted by Gasteiger charge is -2.29. The molecular formula is C14H19ClN2O2. The number of nitrogens with zero attached hydrogens (tertiary/aromatic N) is 1. The van der Waals surface area contributed by atoms with Crippen molar-refractivity contribution in [3.05, 3.63) is 28.8 Å². The summed E-state index contributed by atoms with van der Waals surface area (Å²) in [6.07, 6.45) is -0.515. The van der Waals surface area contributed by atoms with Gasteiger partial charge in [0.05, 0.1) is 5.02 Å². The largest absolute Gasteiger partial charge is 0.479 e. The predicted molar refractivity (Wildman–Crippen MR) is 75.7 cm³/mol. The van der Waals surface area contributed by atoms with Crippen LogP contribution >= 0.6 is 11.6 Å². The molecule has 5 heteroatoms. The molecule has 0 bridgehead atoms. The van der Waals surface area contributed by atoms with E-state index >= 15 is 0 Å². The lowest BCUT2D eigenvalue weighted by Crippen LogP contribution is -2.50. The number of hydrogen-bond donors (Lipinski definition) is 1. The molecule has 1 atom stereocenters. The van der Waals surface area contributed by atoms with Crippen LogP contribution in [0, 0.1) is 6.92 Å². The summed E-state index contributed by atoms with van der Waals surface area (Å²) < 4.78 is 5.67. The molecule has 1 fully saturated rings. The second-order valence-corrected chi connectivity index (χ2v) is 5.18. The summed E-state index contributed by atoms with van der Waals surface area (Å²) in [6.45, 7) is 6.86. The molecule has 1 N–H and O–H groups in total. The van der Waals surface area contributed by atoms with Crippen LogP contribution in [0.3, 0.4) is 0 Å². The zero-order chi connectivity index (χ0) is 13.8. The predicted octanol–water partition coefficient (Wildman–Crippen LogP) is 1.85. The number of hydrogen-bond acceptors (Lipinski definition) is 3. The average molecular weight is 283 g/mol. The Hall–Kier alpha value is -1.26. The number of rotatable bonds is 3. The van der Waals surface area contributed by atoms with E-state index in [4.69, 9.17) is 16.3 Å². The highest BCUT2D eigenvalue weighted by atomic mass is 35.5. The third kappa shape index (κ3) is 3.61. The van der Waals surface area contributed by atoms with Gasteiger partial charge in [0.15, 0.2) is 6.10 Å². The van der Waals surface area contributed by atoms with E-state index in [1.165, 1.54) is 0 Å². The number of aryl methyl sites for hydroxylation is 1. The molecule has 0 aromatic heterocycles. The van der Waals surface area contributed by atoms with Gasteiger partial charge < -0.3 is 15.0 Å². The molecule has 104 valence electrons. The van der Waals surface area contributed by atoms with Crippen molar-refractivity contribution in [2.45, 2.75) is 20.0 Å². The Morgan fingerprint density at radius 1 is 1.42 bits per heavy atom. The van der Waals surface area contributed by atoms with E-state index in [0.717, 1.165) is 31.7 Å². The van der Waals surface area contributed by atoms with Gasteiger partial charge in [-0.15, -0.1) is 0 Å². The van der Waals surface area contributed by atoms with Crippen molar-refractivity contribution < 1.29 is 9.53 Å². The van der Waals surface area contributed by atoms with Gasteiger partial charge in [0.1, 0.15) is 5.75 Å². The van der Waals surface area contributed by atoms with Crippen LogP contribution in [0.4, 0.5) is 0 Å². The van der Waals surface area contributed by atoms with Crippen LogP contribution in [0.2, 0.25) is 5.02 Å². The number of carbonyl (C=O) groups is 1. The molecule has 4 nitrogen and oxygen atoms in total. The van der Waals surface area contributed by atoms with E-state index in [9.17, 15) is 4.79 Å². The normalized spacial score (nSPS) is 17.1. The Morgan fingerprint density at radius 3 is 2.74 bits per heavy atom. The lowest BCUT2D eigenvalue weighted by molar-refractivity contribution is -0.138. The molecule has 2 rings (SSSR count).